The lowest BCUT2D eigenvalue weighted by atomic mass is 10.1. The number of nitro benzene ring substituents is 1. The maximum absolute atomic E-state index is 12.6. The molecule has 0 saturated carbocycles. The Morgan fingerprint density at radius 1 is 1.17 bits per heavy atom. The lowest BCUT2D eigenvalue weighted by molar-refractivity contribution is -0.384. The maximum atomic E-state index is 12.6. The number of carbonyl (C=O) groups is 2. The standard InChI is InChI=1S/C20H14ClN3O5/c21-15-6-4-13(10-17(15)24(27)28)19(25)22-14-5-3-12-7-8-23(16(12)11-14)20(26)18-2-1-9-29-18/h1-6,9-11H,7-8H2,(H,22,25). The van der Waals surface area contributed by atoms with E-state index in [9.17, 15) is 19.7 Å². The summed E-state index contributed by atoms with van der Waals surface area (Å²) in [5.74, 6) is -0.544. The third kappa shape index (κ3) is 3.57. The highest BCUT2D eigenvalue weighted by atomic mass is 35.5. The summed E-state index contributed by atoms with van der Waals surface area (Å²) in [6, 6.07) is 12.3. The van der Waals surface area contributed by atoms with Crippen LogP contribution in [-0.2, 0) is 6.42 Å². The van der Waals surface area contributed by atoms with Crippen molar-refractivity contribution in [3.8, 4) is 0 Å². The molecule has 1 N–H and O–H groups in total. The number of hydrogen-bond donors (Lipinski definition) is 1. The van der Waals surface area contributed by atoms with Gasteiger partial charge in [-0.2, -0.15) is 0 Å². The van der Waals surface area contributed by atoms with Gasteiger partial charge in [0.05, 0.1) is 11.2 Å². The van der Waals surface area contributed by atoms with Crippen molar-refractivity contribution in [3.05, 3.63) is 86.8 Å². The Bertz CT molecular complexity index is 1130. The maximum Gasteiger partial charge on any atom is 0.293 e. The van der Waals surface area contributed by atoms with Gasteiger partial charge in [0, 0.05) is 29.5 Å². The molecule has 3 aromatic rings. The molecule has 0 aliphatic carbocycles. The molecule has 1 aliphatic rings. The average molecular weight is 412 g/mol. The molecule has 0 bridgehead atoms. The number of hydrogen-bond acceptors (Lipinski definition) is 5. The van der Waals surface area contributed by atoms with E-state index in [0.29, 0.717) is 24.3 Å². The summed E-state index contributed by atoms with van der Waals surface area (Å²) in [4.78, 5) is 37.1. The number of halogens is 1. The normalized spacial score (nSPS) is 12.5. The Morgan fingerprint density at radius 3 is 2.72 bits per heavy atom. The number of carbonyl (C=O) groups excluding carboxylic acids is 2. The second kappa shape index (κ2) is 7.40. The van der Waals surface area contributed by atoms with E-state index in [0.717, 1.165) is 11.6 Å². The molecule has 8 nitrogen and oxygen atoms in total. The largest absolute Gasteiger partial charge is 0.459 e. The van der Waals surface area contributed by atoms with Crippen molar-refractivity contribution in [3.63, 3.8) is 0 Å². The molecule has 146 valence electrons. The number of fused-ring (bicyclic) bond motifs is 1. The van der Waals surface area contributed by atoms with Crippen LogP contribution in [0.1, 0.15) is 26.5 Å². The number of rotatable bonds is 4. The molecule has 2 aromatic carbocycles. The number of anilines is 2. The molecule has 0 radical (unpaired) electrons. The average Bonchev–Trinajstić information content (AvgIpc) is 3.37. The van der Waals surface area contributed by atoms with E-state index in [-0.39, 0.29) is 27.9 Å². The number of nitrogens with zero attached hydrogens (tertiary/aromatic N) is 2. The van der Waals surface area contributed by atoms with Crippen LogP contribution in [0, 0.1) is 10.1 Å². The molecule has 4 rings (SSSR count). The fourth-order valence-corrected chi connectivity index (χ4v) is 3.38. The van der Waals surface area contributed by atoms with Crippen LogP contribution in [0.25, 0.3) is 0 Å². The van der Waals surface area contributed by atoms with E-state index < -0.39 is 10.8 Å². The second-order valence-corrected chi connectivity index (χ2v) is 6.81. The monoisotopic (exact) mass is 411 g/mol. The SMILES string of the molecule is O=C(Nc1ccc2c(c1)N(C(=O)c1ccco1)CC2)c1ccc(Cl)c([N+](=O)[O-])c1. The smallest absolute Gasteiger partial charge is 0.293 e. The summed E-state index contributed by atoms with van der Waals surface area (Å²) >= 11 is 5.79. The van der Waals surface area contributed by atoms with Crippen LogP contribution in [0.3, 0.4) is 0 Å². The van der Waals surface area contributed by atoms with Crippen molar-refractivity contribution in [2.75, 3.05) is 16.8 Å². The summed E-state index contributed by atoms with van der Waals surface area (Å²) in [5, 5.41) is 13.7. The van der Waals surface area contributed by atoms with Crippen LogP contribution < -0.4 is 10.2 Å². The van der Waals surface area contributed by atoms with Crippen LogP contribution >= 0.6 is 11.6 Å². The Balaban J connectivity index is 1.58. The quantitative estimate of drug-likeness (QED) is 0.509. The highest BCUT2D eigenvalue weighted by Crippen LogP contribution is 2.32. The molecule has 0 unspecified atom stereocenters. The predicted molar refractivity (Wildman–Crippen MR) is 107 cm³/mol. The summed E-state index contributed by atoms with van der Waals surface area (Å²) in [7, 11) is 0. The predicted octanol–water partition coefficient (Wildman–Crippen LogP) is 4.30. The van der Waals surface area contributed by atoms with Crippen molar-refractivity contribution < 1.29 is 18.9 Å². The van der Waals surface area contributed by atoms with Gasteiger partial charge in [0.25, 0.3) is 17.5 Å². The van der Waals surface area contributed by atoms with Crippen molar-refractivity contribution in [2.24, 2.45) is 0 Å². The zero-order valence-electron chi connectivity index (χ0n) is 14.9. The van der Waals surface area contributed by atoms with Gasteiger partial charge >= 0.3 is 0 Å². The summed E-state index contributed by atoms with van der Waals surface area (Å²) in [5.41, 5.74) is 1.88. The molecule has 2 heterocycles. The summed E-state index contributed by atoms with van der Waals surface area (Å²) in [6.45, 7) is 0.510. The van der Waals surface area contributed by atoms with E-state index in [2.05, 4.69) is 5.32 Å². The van der Waals surface area contributed by atoms with Crippen molar-refractivity contribution in [2.45, 2.75) is 6.42 Å². The van der Waals surface area contributed by atoms with Crippen LogP contribution in [0.5, 0.6) is 0 Å². The minimum Gasteiger partial charge on any atom is -0.459 e. The molecule has 9 heteroatoms. The lowest BCUT2D eigenvalue weighted by Crippen LogP contribution is -2.28. The van der Waals surface area contributed by atoms with Gasteiger partial charge in [0.15, 0.2) is 5.76 Å². The van der Waals surface area contributed by atoms with E-state index in [1.54, 1.807) is 29.2 Å². The highest BCUT2D eigenvalue weighted by molar-refractivity contribution is 6.32. The third-order valence-corrected chi connectivity index (χ3v) is 4.94. The third-order valence-electron chi connectivity index (χ3n) is 4.62. The Morgan fingerprint density at radius 2 is 2.00 bits per heavy atom. The van der Waals surface area contributed by atoms with Gasteiger partial charge in [-0.1, -0.05) is 17.7 Å². The van der Waals surface area contributed by atoms with Crippen LogP contribution in [-0.4, -0.2) is 23.3 Å². The van der Waals surface area contributed by atoms with Gasteiger partial charge in [-0.3, -0.25) is 19.7 Å². The van der Waals surface area contributed by atoms with Gasteiger partial charge in [-0.05, 0) is 48.4 Å². The molecule has 2 amide bonds. The zero-order valence-corrected chi connectivity index (χ0v) is 15.7. The molecule has 0 saturated heterocycles. The van der Waals surface area contributed by atoms with Gasteiger partial charge in [-0.15, -0.1) is 0 Å². The summed E-state index contributed by atoms with van der Waals surface area (Å²) in [6.07, 6.45) is 2.13. The van der Waals surface area contributed by atoms with Gasteiger partial charge in [-0.25, -0.2) is 0 Å². The molecule has 0 atom stereocenters. The fourth-order valence-electron chi connectivity index (χ4n) is 3.20. The minimum absolute atomic E-state index is 0.0452. The number of nitrogens with one attached hydrogen (secondary N) is 1. The van der Waals surface area contributed by atoms with Gasteiger partial charge in [0.2, 0.25) is 0 Å². The van der Waals surface area contributed by atoms with E-state index in [1.165, 1.54) is 18.4 Å². The Hall–Kier alpha value is -3.65. The van der Waals surface area contributed by atoms with Crippen LogP contribution in [0.15, 0.2) is 59.2 Å². The first-order valence-electron chi connectivity index (χ1n) is 8.67. The Kier molecular flexibility index (Phi) is 4.77. The topological polar surface area (TPSA) is 106 Å². The molecule has 29 heavy (non-hydrogen) atoms. The van der Waals surface area contributed by atoms with Crippen molar-refractivity contribution in [1.82, 2.24) is 0 Å². The number of benzene rings is 2. The van der Waals surface area contributed by atoms with E-state index >= 15 is 0 Å². The van der Waals surface area contributed by atoms with Gasteiger partial charge < -0.3 is 14.6 Å². The minimum atomic E-state index is -0.646. The van der Waals surface area contributed by atoms with E-state index in [1.807, 2.05) is 6.07 Å². The second-order valence-electron chi connectivity index (χ2n) is 6.41. The number of furan rings is 1. The first-order valence-corrected chi connectivity index (χ1v) is 9.05. The first-order chi connectivity index (χ1) is 13.9. The molecule has 0 spiro atoms. The van der Waals surface area contributed by atoms with Gasteiger partial charge in [0.1, 0.15) is 5.02 Å². The molecule has 0 fully saturated rings. The first kappa shape index (κ1) is 18.7. The van der Waals surface area contributed by atoms with Crippen LogP contribution in [0.4, 0.5) is 17.1 Å². The highest BCUT2D eigenvalue weighted by Gasteiger charge is 2.27. The fraction of sp³-hybridized carbons (Fsp3) is 0.100. The van der Waals surface area contributed by atoms with E-state index in [4.69, 9.17) is 16.0 Å². The molecule has 1 aromatic heterocycles. The molecular weight excluding hydrogens is 398 g/mol. The Labute approximate surface area is 169 Å². The molecular formula is C20H14ClN3O5. The van der Waals surface area contributed by atoms with Crippen LogP contribution in [0.2, 0.25) is 5.02 Å². The van der Waals surface area contributed by atoms with Crippen molar-refractivity contribution in [1.29, 1.82) is 0 Å². The molecule has 1 aliphatic heterocycles. The van der Waals surface area contributed by atoms with Crippen molar-refractivity contribution >= 4 is 40.5 Å². The zero-order chi connectivity index (χ0) is 20.5. The number of nitro groups is 1. The lowest BCUT2D eigenvalue weighted by Gasteiger charge is -2.17. The summed E-state index contributed by atoms with van der Waals surface area (Å²) < 4.78 is 5.19. The number of amides is 2.